The summed E-state index contributed by atoms with van der Waals surface area (Å²) in [5.41, 5.74) is 5.30. The Kier molecular flexibility index (Phi) is 8.29. The summed E-state index contributed by atoms with van der Waals surface area (Å²) in [7, 11) is 0. The van der Waals surface area contributed by atoms with Crippen molar-refractivity contribution >= 4 is 33.2 Å². The van der Waals surface area contributed by atoms with Gasteiger partial charge in [-0.3, -0.25) is 9.29 Å². The average Bonchev–Trinajstić information content (AvgIpc) is 3.24. The zero-order valence-electron chi connectivity index (χ0n) is 22.3. The molecule has 8 heteroatoms. The molecule has 0 spiro atoms. The van der Waals surface area contributed by atoms with E-state index in [9.17, 15) is 22.0 Å². The molecule has 210 valence electrons. The van der Waals surface area contributed by atoms with Gasteiger partial charge in [-0.25, -0.2) is 4.39 Å². The number of halogens is 5. The number of alkyl halides is 4. The number of rotatable bonds is 10. The molecule has 1 fully saturated rings. The Labute approximate surface area is 235 Å². The molecule has 0 saturated carbocycles. The number of nitrogens with zero attached hydrogens (tertiary/aromatic N) is 1. The van der Waals surface area contributed by atoms with Gasteiger partial charge in [-0.1, -0.05) is 43.0 Å². The normalized spacial score (nSPS) is 14.4. The number of thiophene rings is 1. The maximum atomic E-state index is 14.1. The number of hydrogen-bond donors (Lipinski definition) is 1. The first-order chi connectivity index (χ1) is 19.1. The van der Waals surface area contributed by atoms with Gasteiger partial charge in [-0.15, -0.1) is 11.3 Å². The average molecular weight is 571 g/mol. The van der Waals surface area contributed by atoms with Gasteiger partial charge in [0.15, 0.2) is 0 Å². The zero-order valence-corrected chi connectivity index (χ0v) is 23.1. The lowest BCUT2D eigenvalue weighted by molar-refractivity contribution is -0.127. The minimum Gasteiger partial charge on any atom is -0.380 e. The van der Waals surface area contributed by atoms with Gasteiger partial charge in [0.25, 0.3) is 0 Å². The fourth-order valence-corrected chi connectivity index (χ4v) is 6.82. The fourth-order valence-electron chi connectivity index (χ4n) is 5.43. The summed E-state index contributed by atoms with van der Waals surface area (Å²) in [5.74, 6) is -0.687. The third-order valence-corrected chi connectivity index (χ3v) is 8.75. The van der Waals surface area contributed by atoms with E-state index in [1.54, 1.807) is 6.08 Å². The van der Waals surface area contributed by atoms with Gasteiger partial charge < -0.3 is 5.32 Å². The van der Waals surface area contributed by atoms with E-state index in [0.29, 0.717) is 29.3 Å². The van der Waals surface area contributed by atoms with Crippen LogP contribution >= 0.6 is 11.3 Å². The van der Waals surface area contributed by atoms with Crippen LogP contribution in [0.5, 0.6) is 0 Å². The van der Waals surface area contributed by atoms with Crippen LogP contribution in [0.2, 0.25) is 0 Å². The van der Waals surface area contributed by atoms with Gasteiger partial charge >= 0.3 is 6.18 Å². The van der Waals surface area contributed by atoms with E-state index in [1.807, 2.05) is 31.2 Å². The van der Waals surface area contributed by atoms with Gasteiger partial charge in [0.2, 0.25) is 0 Å². The highest BCUT2D eigenvalue weighted by atomic mass is 32.1. The van der Waals surface area contributed by atoms with Crippen LogP contribution in [-0.2, 0) is 12.8 Å². The number of hydrogen-bond acceptors (Lipinski definition) is 3. The molecule has 0 unspecified atom stereocenters. The van der Waals surface area contributed by atoms with Crippen molar-refractivity contribution in [2.24, 2.45) is 0 Å². The van der Waals surface area contributed by atoms with Crippen LogP contribution < -0.4 is 5.32 Å². The molecule has 40 heavy (non-hydrogen) atoms. The summed E-state index contributed by atoms with van der Waals surface area (Å²) >= 11 is 1.43. The van der Waals surface area contributed by atoms with E-state index >= 15 is 0 Å². The Balaban J connectivity index is 1.49. The van der Waals surface area contributed by atoms with Crippen molar-refractivity contribution < 1.29 is 22.0 Å². The molecule has 4 aromatic rings. The van der Waals surface area contributed by atoms with Crippen molar-refractivity contribution in [2.75, 3.05) is 31.6 Å². The predicted octanol–water partition coefficient (Wildman–Crippen LogP) is 8.81. The van der Waals surface area contributed by atoms with Gasteiger partial charge in [0.1, 0.15) is 5.82 Å². The highest BCUT2D eigenvalue weighted by Crippen LogP contribution is 2.44. The first-order valence-electron chi connectivity index (χ1n) is 13.3. The topological polar surface area (TPSA) is 15.3 Å². The van der Waals surface area contributed by atoms with Gasteiger partial charge in [0.05, 0.1) is 19.1 Å². The van der Waals surface area contributed by atoms with Crippen LogP contribution in [0.15, 0.2) is 61.2 Å². The number of benzene rings is 3. The Morgan fingerprint density at radius 1 is 1.07 bits per heavy atom. The van der Waals surface area contributed by atoms with Crippen LogP contribution in [0.1, 0.15) is 34.2 Å². The monoisotopic (exact) mass is 570 g/mol. The van der Waals surface area contributed by atoms with E-state index < -0.39 is 18.4 Å². The first-order valence-corrected chi connectivity index (χ1v) is 14.1. The minimum absolute atomic E-state index is 0.0715. The molecule has 1 aromatic heterocycles. The summed E-state index contributed by atoms with van der Waals surface area (Å²) in [6.07, 6.45) is -2.84. The van der Waals surface area contributed by atoms with E-state index in [1.165, 1.54) is 23.5 Å². The molecule has 5 rings (SSSR count). The first kappa shape index (κ1) is 28.3. The Morgan fingerprint density at radius 3 is 2.58 bits per heavy atom. The zero-order chi connectivity index (χ0) is 28.4. The Morgan fingerprint density at radius 2 is 1.88 bits per heavy atom. The van der Waals surface area contributed by atoms with Crippen molar-refractivity contribution in [3.05, 3.63) is 94.8 Å². The molecule has 1 saturated heterocycles. The van der Waals surface area contributed by atoms with Crippen LogP contribution in [0, 0.1) is 12.7 Å². The third kappa shape index (κ3) is 6.23. The molecule has 0 bridgehead atoms. The van der Waals surface area contributed by atoms with Crippen LogP contribution in [-0.4, -0.2) is 43.4 Å². The maximum Gasteiger partial charge on any atom is 0.393 e. The lowest BCUT2D eigenvalue weighted by Crippen LogP contribution is -2.54. The second-order valence-corrected chi connectivity index (χ2v) is 11.4. The van der Waals surface area contributed by atoms with Crippen molar-refractivity contribution in [2.45, 2.75) is 38.4 Å². The van der Waals surface area contributed by atoms with Crippen LogP contribution in [0.25, 0.3) is 26.6 Å². The molecule has 3 aromatic carbocycles. The van der Waals surface area contributed by atoms with Crippen molar-refractivity contribution in [3.63, 3.8) is 0 Å². The van der Waals surface area contributed by atoms with E-state index in [2.05, 4.69) is 28.9 Å². The SMILES string of the molecule is C=Cc1cccc2c(Cc3ccc(NC4CN(CCCF)C4)cc3C)c(-c3ccc(F)cc3CC(F)(F)F)sc12. The highest BCUT2D eigenvalue weighted by Gasteiger charge is 2.30. The number of anilines is 1. The maximum absolute atomic E-state index is 14.1. The lowest BCUT2D eigenvalue weighted by Gasteiger charge is -2.40. The lowest BCUT2D eigenvalue weighted by atomic mass is 9.93. The summed E-state index contributed by atoms with van der Waals surface area (Å²) in [6, 6.07) is 16.0. The smallest absolute Gasteiger partial charge is 0.380 e. The number of likely N-dealkylation sites (tertiary alicyclic amines) is 1. The van der Waals surface area contributed by atoms with Crippen molar-refractivity contribution in [1.29, 1.82) is 0 Å². The van der Waals surface area contributed by atoms with Crippen LogP contribution in [0.4, 0.5) is 27.6 Å². The minimum atomic E-state index is -4.46. The summed E-state index contributed by atoms with van der Waals surface area (Å²) < 4.78 is 67.9. The molecular weight excluding hydrogens is 539 g/mol. The molecular formula is C32H31F5N2S. The second-order valence-electron chi connectivity index (χ2n) is 10.4. The van der Waals surface area contributed by atoms with E-state index in [0.717, 1.165) is 63.7 Å². The Bertz CT molecular complexity index is 1520. The van der Waals surface area contributed by atoms with Gasteiger partial charge in [-0.2, -0.15) is 13.2 Å². The molecule has 1 aliphatic heterocycles. The molecule has 2 nitrogen and oxygen atoms in total. The van der Waals surface area contributed by atoms with E-state index in [4.69, 9.17) is 0 Å². The molecule has 1 N–H and O–H groups in total. The van der Waals surface area contributed by atoms with Gasteiger partial charge in [-0.05, 0) is 82.8 Å². The highest BCUT2D eigenvalue weighted by molar-refractivity contribution is 7.22. The Hall–Kier alpha value is -3.23. The van der Waals surface area contributed by atoms with Crippen LogP contribution in [0.3, 0.4) is 0 Å². The van der Waals surface area contributed by atoms with Crippen molar-refractivity contribution in [3.8, 4) is 10.4 Å². The molecule has 2 heterocycles. The number of fused-ring (bicyclic) bond motifs is 1. The molecule has 0 aliphatic carbocycles. The van der Waals surface area contributed by atoms with Gasteiger partial charge in [0, 0.05) is 34.9 Å². The summed E-state index contributed by atoms with van der Waals surface area (Å²) in [5, 5.41) is 4.50. The standard InChI is InChI=1S/C32H31F5N2S/c1-3-21-6-4-7-28-29(31(40-30(21)28)27-11-9-24(34)15-23(27)17-32(35,36)37)16-22-8-10-25(14-20(22)2)38-26-18-39(19-26)13-5-12-33/h3-4,6-11,14-15,26,38H,1,5,12-13,16-19H2,2H3. The third-order valence-electron chi connectivity index (χ3n) is 7.42. The molecule has 0 atom stereocenters. The quantitative estimate of drug-likeness (QED) is 0.192. The second kappa shape index (κ2) is 11.7. The largest absolute Gasteiger partial charge is 0.393 e. The fraction of sp³-hybridized carbons (Fsp3) is 0.312. The number of nitrogens with one attached hydrogen (secondary N) is 1. The molecule has 0 amide bonds. The predicted molar refractivity (Wildman–Crippen MR) is 155 cm³/mol. The molecule has 0 radical (unpaired) electrons. The molecule has 1 aliphatic rings. The van der Waals surface area contributed by atoms with Crippen molar-refractivity contribution in [1.82, 2.24) is 4.90 Å². The summed E-state index contributed by atoms with van der Waals surface area (Å²) in [4.78, 5) is 2.94. The van der Waals surface area contributed by atoms with E-state index in [-0.39, 0.29) is 12.2 Å². The summed E-state index contributed by atoms with van der Waals surface area (Å²) in [6.45, 7) is 8.19. The number of aryl methyl sites for hydroxylation is 1.